The van der Waals surface area contributed by atoms with Gasteiger partial charge in [-0.05, 0) is 26.0 Å². The first-order valence-electron chi connectivity index (χ1n) is 6.68. The molecule has 0 atom stereocenters. The zero-order valence-corrected chi connectivity index (χ0v) is 14.2. The van der Waals surface area contributed by atoms with Crippen LogP contribution in [0.4, 0.5) is 5.69 Å². The van der Waals surface area contributed by atoms with Crippen molar-refractivity contribution in [2.75, 3.05) is 31.3 Å². The maximum absolute atomic E-state index is 12.1. The molecule has 0 aliphatic carbocycles. The first kappa shape index (κ1) is 18.1. The highest BCUT2D eigenvalue weighted by molar-refractivity contribution is 7.92. The van der Waals surface area contributed by atoms with Crippen molar-refractivity contribution in [2.45, 2.75) is 19.9 Å². The zero-order chi connectivity index (χ0) is 16.9. The Bertz CT molecular complexity index is 628. The Morgan fingerprint density at radius 2 is 1.91 bits per heavy atom. The van der Waals surface area contributed by atoms with Gasteiger partial charge in [-0.2, -0.15) is 0 Å². The molecule has 0 unspecified atom stereocenters. The molecule has 0 saturated heterocycles. The Hall–Kier alpha value is -1.96. The van der Waals surface area contributed by atoms with E-state index < -0.39 is 15.9 Å². The molecule has 1 N–H and O–H groups in total. The number of nitrogens with one attached hydrogen (secondary N) is 1. The van der Waals surface area contributed by atoms with Crippen LogP contribution in [-0.2, 0) is 14.8 Å². The van der Waals surface area contributed by atoms with Gasteiger partial charge in [0.15, 0.2) is 0 Å². The highest BCUT2D eigenvalue weighted by Gasteiger charge is 2.24. The van der Waals surface area contributed by atoms with E-state index in [1.165, 1.54) is 20.3 Å². The third kappa shape index (κ3) is 4.80. The molecule has 7 nitrogen and oxygen atoms in total. The average molecular weight is 330 g/mol. The van der Waals surface area contributed by atoms with Crippen LogP contribution in [0.2, 0.25) is 0 Å². The minimum atomic E-state index is -3.67. The maximum atomic E-state index is 12.1. The summed E-state index contributed by atoms with van der Waals surface area (Å²) in [5, 5.41) is 2.66. The summed E-state index contributed by atoms with van der Waals surface area (Å²) in [4.78, 5) is 11.9. The molecule has 8 heteroatoms. The van der Waals surface area contributed by atoms with Gasteiger partial charge in [0.2, 0.25) is 15.9 Å². The van der Waals surface area contributed by atoms with Crippen LogP contribution in [0, 0.1) is 0 Å². The lowest BCUT2D eigenvalue weighted by Crippen LogP contribution is -2.42. The van der Waals surface area contributed by atoms with Crippen LogP contribution in [0.5, 0.6) is 11.5 Å². The number of anilines is 1. The third-order valence-corrected chi connectivity index (χ3v) is 3.92. The van der Waals surface area contributed by atoms with E-state index in [-0.39, 0.29) is 18.3 Å². The van der Waals surface area contributed by atoms with Crippen molar-refractivity contribution in [3.05, 3.63) is 18.2 Å². The van der Waals surface area contributed by atoms with Gasteiger partial charge in [-0.1, -0.05) is 0 Å². The van der Waals surface area contributed by atoms with Crippen molar-refractivity contribution in [2.24, 2.45) is 0 Å². The summed E-state index contributed by atoms with van der Waals surface area (Å²) in [6, 6.07) is 4.67. The predicted octanol–water partition coefficient (Wildman–Crippen LogP) is 0.994. The molecule has 0 aromatic heterocycles. The molecule has 0 heterocycles. The first-order valence-corrected chi connectivity index (χ1v) is 8.53. The summed E-state index contributed by atoms with van der Waals surface area (Å²) in [6.07, 6.45) is 1.04. The standard InChI is InChI=1S/C14H22N2O5S/c1-10(2)15-14(17)9-16(22(5,18)19)12-8-11(20-3)6-7-13(12)21-4/h6-8,10H,9H2,1-5H3,(H,15,17). The Morgan fingerprint density at radius 1 is 1.27 bits per heavy atom. The van der Waals surface area contributed by atoms with Crippen LogP contribution in [0.1, 0.15) is 13.8 Å². The van der Waals surface area contributed by atoms with Gasteiger partial charge in [0.05, 0.1) is 26.2 Å². The molecule has 0 fully saturated rings. The molecule has 1 aromatic carbocycles. The maximum Gasteiger partial charge on any atom is 0.240 e. The normalized spacial score (nSPS) is 11.2. The van der Waals surface area contributed by atoms with Crippen LogP contribution in [-0.4, -0.2) is 47.4 Å². The van der Waals surface area contributed by atoms with E-state index in [9.17, 15) is 13.2 Å². The number of rotatable bonds is 7. The van der Waals surface area contributed by atoms with E-state index in [1.807, 2.05) is 0 Å². The molecule has 1 rings (SSSR count). The fraction of sp³-hybridized carbons (Fsp3) is 0.500. The van der Waals surface area contributed by atoms with Crippen molar-refractivity contribution in [3.8, 4) is 11.5 Å². The largest absolute Gasteiger partial charge is 0.497 e. The van der Waals surface area contributed by atoms with E-state index in [0.29, 0.717) is 11.5 Å². The fourth-order valence-electron chi connectivity index (χ4n) is 1.87. The Balaban J connectivity index is 3.26. The van der Waals surface area contributed by atoms with Crippen LogP contribution in [0.3, 0.4) is 0 Å². The van der Waals surface area contributed by atoms with Gasteiger partial charge in [-0.3, -0.25) is 9.10 Å². The molecular weight excluding hydrogens is 308 g/mol. The second-order valence-electron chi connectivity index (χ2n) is 5.03. The quantitative estimate of drug-likeness (QED) is 0.806. The van der Waals surface area contributed by atoms with E-state index in [1.54, 1.807) is 26.0 Å². The third-order valence-electron chi connectivity index (χ3n) is 2.79. The van der Waals surface area contributed by atoms with E-state index in [2.05, 4.69) is 5.32 Å². The van der Waals surface area contributed by atoms with Gasteiger partial charge in [-0.15, -0.1) is 0 Å². The van der Waals surface area contributed by atoms with E-state index in [0.717, 1.165) is 10.6 Å². The summed E-state index contributed by atoms with van der Waals surface area (Å²) in [5.74, 6) is 0.405. The molecule has 1 aromatic rings. The summed E-state index contributed by atoms with van der Waals surface area (Å²) in [6.45, 7) is 3.27. The van der Waals surface area contributed by atoms with Gasteiger partial charge in [0, 0.05) is 12.1 Å². The zero-order valence-electron chi connectivity index (χ0n) is 13.4. The number of nitrogens with zero attached hydrogens (tertiary/aromatic N) is 1. The van der Waals surface area contributed by atoms with Gasteiger partial charge in [-0.25, -0.2) is 8.42 Å². The minimum Gasteiger partial charge on any atom is -0.497 e. The number of amides is 1. The van der Waals surface area contributed by atoms with Crippen LogP contribution in [0.25, 0.3) is 0 Å². The number of ether oxygens (including phenoxy) is 2. The van der Waals surface area contributed by atoms with Crippen molar-refractivity contribution in [1.82, 2.24) is 5.32 Å². The number of benzene rings is 1. The van der Waals surface area contributed by atoms with Crippen LogP contribution in [0.15, 0.2) is 18.2 Å². The fourth-order valence-corrected chi connectivity index (χ4v) is 2.72. The molecular formula is C14H22N2O5S. The van der Waals surface area contributed by atoms with Crippen molar-refractivity contribution >= 4 is 21.6 Å². The number of methoxy groups -OCH3 is 2. The average Bonchev–Trinajstić information content (AvgIpc) is 2.42. The Kier molecular flexibility index (Phi) is 6.04. The van der Waals surface area contributed by atoms with Gasteiger partial charge >= 0.3 is 0 Å². The summed E-state index contributed by atoms with van der Waals surface area (Å²) in [5.41, 5.74) is 0.253. The number of hydrogen-bond donors (Lipinski definition) is 1. The van der Waals surface area contributed by atoms with Gasteiger partial charge in [0.1, 0.15) is 18.0 Å². The van der Waals surface area contributed by atoms with Crippen molar-refractivity contribution < 1.29 is 22.7 Å². The summed E-state index contributed by atoms with van der Waals surface area (Å²) in [7, 11) is -0.765. The molecule has 0 saturated carbocycles. The monoisotopic (exact) mass is 330 g/mol. The lowest BCUT2D eigenvalue weighted by atomic mass is 10.2. The molecule has 0 bridgehead atoms. The topological polar surface area (TPSA) is 84.9 Å². The summed E-state index contributed by atoms with van der Waals surface area (Å²) >= 11 is 0. The van der Waals surface area contributed by atoms with Gasteiger partial charge in [0.25, 0.3) is 0 Å². The molecule has 0 spiro atoms. The summed E-state index contributed by atoms with van der Waals surface area (Å²) < 4.78 is 35.4. The van der Waals surface area contributed by atoms with E-state index in [4.69, 9.17) is 9.47 Å². The molecule has 0 aliphatic heterocycles. The molecule has 124 valence electrons. The first-order chi connectivity index (χ1) is 10.2. The number of sulfonamides is 1. The predicted molar refractivity (Wildman–Crippen MR) is 85.0 cm³/mol. The van der Waals surface area contributed by atoms with E-state index >= 15 is 0 Å². The molecule has 0 radical (unpaired) electrons. The highest BCUT2D eigenvalue weighted by atomic mass is 32.2. The SMILES string of the molecule is COc1ccc(OC)c(N(CC(=O)NC(C)C)S(C)(=O)=O)c1. The van der Waals surface area contributed by atoms with Gasteiger partial charge < -0.3 is 14.8 Å². The Labute approximate surface area is 131 Å². The molecule has 1 amide bonds. The number of hydrogen-bond acceptors (Lipinski definition) is 5. The number of carbonyl (C=O) groups is 1. The van der Waals surface area contributed by atoms with Crippen molar-refractivity contribution in [3.63, 3.8) is 0 Å². The van der Waals surface area contributed by atoms with Crippen LogP contribution >= 0.6 is 0 Å². The smallest absolute Gasteiger partial charge is 0.240 e. The molecule has 22 heavy (non-hydrogen) atoms. The lowest BCUT2D eigenvalue weighted by Gasteiger charge is -2.24. The van der Waals surface area contributed by atoms with Crippen LogP contribution < -0.4 is 19.1 Å². The Morgan fingerprint density at radius 3 is 2.36 bits per heavy atom. The second kappa shape index (κ2) is 7.35. The number of carbonyl (C=O) groups excluding carboxylic acids is 1. The van der Waals surface area contributed by atoms with Crippen molar-refractivity contribution in [1.29, 1.82) is 0 Å². The minimum absolute atomic E-state index is 0.0823. The molecule has 0 aliphatic rings. The highest BCUT2D eigenvalue weighted by Crippen LogP contribution is 2.33. The lowest BCUT2D eigenvalue weighted by molar-refractivity contribution is -0.120. The second-order valence-corrected chi connectivity index (χ2v) is 6.94.